The van der Waals surface area contributed by atoms with Crippen LogP contribution in [0, 0.1) is 11.8 Å². The topological polar surface area (TPSA) is 114 Å². The molecule has 4 N–H and O–H groups in total. The Balaban J connectivity index is 1.73. The highest BCUT2D eigenvalue weighted by molar-refractivity contribution is 5.95. The average Bonchev–Trinajstić information content (AvgIpc) is 3.05. The summed E-state index contributed by atoms with van der Waals surface area (Å²) in [4.78, 5) is 35.9. The molecule has 1 fully saturated rings. The first-order chi connectivity index (χ1) is 12.5. The minimum atomic E-state index is -0.474. The third-order valence-corrected chi connectivity index (χ3v) is 4.83. The molecule has 3 rings (SSSR count). The van der Waals surface area contributed by atoms with Gasteiger partial charge in [-0.1, -0.05) is 6.07 Å². The second kappa shape index (κ2) is 7.53. The van der Waals surface area contributed by atoms with E-state index < -0.39 is 11.8 Å². The standard InChI is InChI=1S/C19H21N3O4/c20-18(25)15-9-12(11-23)10-16(15)21-19(26)13-4-6-14(7-5-13)22-8-2-1-3-17(22)24/h1-8,12,15-16,23H,9-11H2,(H2,20,25)(H,21,26). The lowest BCUT2D eigenvalue weighted by Crippen LogP contribution is -2.42. The van der Waals surface area contributed by atoms with Crippen LogP contribution in [0.2, 0.25) is 0 Å². The van der Waals surface area contributed by atoms with Crippen LogP contribution in [0.3, 0.4) is 0 Å². The molecule has 0 bridgehead atoms. The zero-order chi connectivity index (χ0) is 18.7. The van der Waals surface area contributed by atoms with Gasteiger partial charge < -0.3 is 16.2 Å². The van der Waals surface area contributed by atoms with Gasteiger partial charge in [-0.2, -0.15) is 0 Å². The number of nitrogens with one attached hydrogen (secondary N) is 1. The molecule has 1 heterocycles. The zero-order valence-corrected chi connectivity index (χ0v) is 14.2. The van der Waals surface area contributed by atoms with Gasteiger partial charge in [0.15, 0.2) is 0 Å². The van der Waals surface area contributed by atoms with Gasteiger partial charge in [0.2, 0.25) is 5.91 Å². The predicted molar refractivity (Wildman–Crippen MR) is 95.8 cm³/mol. The molecular formula is C19H21N3O4. The Morgan fingerprint density at radius 1 is 1.15 bits per heavy atom. The van der Waals surface area contributed by atoms with Gasteiger partial charge in [-0.25, -0.2) is 0 Å². The minimum absolute atomic E-state index is 0.0311. The van der Waals surface area contributed by atoms with E-state index >= 15 is 0 Å². The van der Waals surface area contributed by atoms with Crippen LogP contribution in [0.25, 0.3) is 5.69 Å². The fourth-order valence-electron chi connectivity index (χ4n) is 3.43. The van der Waals surface area contributed by atoms with Crippen LogP contribution in [0.4, 0.5) is 0 Å². The van der Waals surface area contributed by atoms with Gasteiger partial charge in [0.1, 0.15) is 0 Å². The van der Waals surface area contributed by atoms with Crippen molar-refractivity contribution in [2.45, 2.75) is 18.9 Å². The Morgan fingerprint density at radius 2 is 1.88 bits per heavy atom. The van der Waals surface area contributed by atoms with Crippen molar-refractivity contribution in [1.29, 1.82) is 0 Å². The highest BCUT2D eigenvalue weighted by Crippen LogP contribution is 2.31. The van der Waals surface area contributed by atoms with Gasteiger partial charge in [0, 0.05) is 36.2 Å². The number of aliphatic hydroxyl groups excluding tert-OH is 1. The Bertz CT molecular complexity index is 860. The lowest BCUT2D eigenvalue weighted by molar-refractivity contribution is -0.122. The van der Waals surface area contributed by atoms with Crippen LogP contribution in [-0.2, 0) is 4.79 Å². The van der Waals surface area contributed by atoms with Crippen LogP contribution >= 0.6 is 0 Å². The Morgan fingerprint density at radius 3 is 2.50 bits per heavy atom. The number of rotatable bonds is 5. The molecule has 1 aliphatic carbocycles. The smallest absolute Gasteiger partial charge is 0.255 e. The number of hydrogen-bond donors (Lipinski definition) is 3. The number of benzene rings is 1. The third kappa shape index (κ3) is 3.67. The SMILES string of the molecule is NC(=O)C1CC(CO)CC1NC(=O)c1ccc(-n2ccccc2=O)cc1. The fraction of sp³-hybridized carbons (Fsp3) is 0.316. The second-order valence-electron chi connectivity index (χ2n) is 6.56. The van der Waals surface area contributed by atoms with Crippen molar-refractivity contribution >= 4 is 11.8 Å². The molecule has 2 amide bonds. The number of nitrogens with zero attached hydrogens (tertiary/aromatic N) is 1. The monoisotopic (exact) mass is 355 g/mol. The van der Waals surface area contributed by atoms with Crippen LogP contribution in [0.15, 0.2) is 53.5 Å². The van der Waals surface area contributed by atoms with Gasteiger partial charge in [-0.3, -0.25) is 19.0 Å². The van der Waals surface area contributed by atoms with Gasteiger partial charge >= 0.3 is 0 Å². The molecule has 1 aliphatic rings. The zero-order valence-electron chi connectivity index (χ0n) is 14.2. The van der Waals surface area contributed by atoms with E-state index in [1.165, 1.54) is 10.6 Å². The van der Waals surface area contributed by atoms with Crippen molar-refractivity contribution in [3.05, 3.63) is 64.6 Å². The number of carbonyl (C=O) groups is 2. The van der Waals surface area contributed by atoms with E-state index in [-0.39, 0.29) is 30.0 Å². The number of nitrogens with two attached hydrogens (primary N) is 1. The van der Waals surface area contributed by atoms with Crippen LogP contribution in [-0.4, -0.2) is 34.1 Å². The van der Waals surface area contributed by atoms with Crippen molar-refractivity contribution < 1.29 is 14.7 Å². The highest BCUT2D eigenvalue weighted by atomic mass is 16.3. The number of primary amides is 1. The molecule has 3 atom stereocenters. The summed E-state index contributed by atoms with van der Waals surface area (Å²) in [5.41, 5.74) is 6.34. The quantitative estimate of drug-likeness (QED) is 0.722. The van der Waals surface area contributed by atoms with Gasteiger partial charge in [-0.05, 0) is 49.1 Å². The van der Waals surface area contributed by atoms with E-state index in [0.717, 1.165) is 0 Å². The van der Waals surface area contributed by atoms with E-state index in [2.05, 4.69) is 5.32 Å². The Labute approximate surface area is 150 Å². The van der Waals surface area contributed by atoms with E-state index in [9.17, 15) is 19.5 Å². The largest absolute Gasteiger partial charge is 0.396 e. The first-order valence-corrected chi connectivity index (χ1v) is 8.48. The van der Waals surface area contributed by atoms with E-state index in [4.69, 9.17) is 5.73 Å². The molecule has 0 spiro atoms. The van der Waals surface area contributed by atoms with Crippen LogP contribution in [0.5, 0.6) is 0 Å². The van der Waals surface area contributed by atoms with Crippen LogP contribution < -0.4 is 16.6 Å². The van der Waals surface area contributed by atoms with Gasteiger partial charge in [0.25, 0.3) is 11.5 Å². The van der Waals surface area contributed by atoms with E-state index in [0.29, 0.717) is 24.1 Å². The molecule has 1 aromatic heterocycles. The first kappa shape index (κ1) is 17.9. The molecule has 1 saturated carbocycles. The summed E-state index contributed by atoms with van der Waals surface area (Å²) in [5, 5.41) is 12.1. The molecule has 3 unspecified atom stereocenters. The number of carbonyl (C=O) groups excluding carboxylic acids is 2. The van der Waals surface area contributed by atoms with Crippen LogP contribution in [0.1, 0.15) is 23.2 Å². The second-order valence-corrected chi connectivity index (χ2v) is 6.56. The van der Waals surface area contributed by atoms with E-state index in [1.54, 1.807) is 42.6 Å². The van der Waals surface area contributed by atoms with Crippen molar-refractivity contribution in [3.63, 3.8) is 0 Å². The van der Waals surface area contributed by atoms with Gasteiger partial charge in [0.05, 0.1) is 5.92 Å². The third-order valence-electron chi connectivity index (χ3n) is 4.83. The number of aliphatic hydroxyl groups is 1. The summed E-state index contributed by atoms with van der Waals surface area (Å²) in [6.45, 7) is -0.0311. The predicted octanol–water partition coefficient (Wildman–Crippen LogP) is 0.440. The molecule has 26 heavy (non-hydrogen) atoms. The number of pyridine rings is 1. The Hall–Kier alpha value is -2.93. The lowest BCUT2D eigenvalue weighted by atomic mass is 10.0. The first-order valence-electron chi connectivity index (χ1n) is 8.48. The molecular weight excluding hydrogens is 334 g/mol. The van der Waals surface area contributed by atoms with E-state index in [1.807, 2.05) is 0 Å². The van der Waals surface area contributed by atoms with Crippen molar-refractivity contribution in [3.8, 4) is 5.69 Å². The molecule has 2 aromatic rings. The number of aromatic nitrogens is 1. The molecule has 0 radical (unpaired) electrons. The molecule has 1 aromatic carbocycles. The summed E-state index contributed by atoms with van der Waals surface area (Å²) < 4.78 is 1.48. The molecule has 0 aliphatic heterocycles. The molecule has 136 valence electrons. The normalized spacial score (nSPS) is 22.1. The number of amides is 2. The van der Waals surface area contributed by atoms with Crippen molar-refractivity contribution in [2.75, 3.05) is 6.61 Å². The summed E-state index contributed by atoms with van der Waals surface area (Å²) in [6, 6.07) is 11.1. The summed E-state index contributed by atoms with van der Waals surface area (Å²) >= 11 is 0. The maximum atomic E-state index is 12.5. The summed E-state index contributed by atoms with van der Waals surface area (Å²) in [6.07, 6.45) is 2.66. The molecule has 0 saturated heterocycles. The summed E-state index contributed by atoms with van der Waals surface area (Å²) in [7, 11) is 0. The maximum Gasteiger partial charge on any atom is 0.255 e. The molecule has 7 nitrogen and oxygen atoms in total. The maximum absolute atomic E-state index is 12.5. The fourth-order valence-corrected chi connectivity index (χ4v) is 3.43. The minimum Gasteiger partial charge on any atom is -0.396 e. The average molecular weight is 355 g/mol. The number of hydrogen-bond acceptors (Lipinski definition) is 4. The van der Waals surface area contributed by atoms with Crippen molar-refractivity contribution in [1.82, 2.24) is 9.88 Å². The highest BCUT2D eigenvalue weighted by Gasteiger charge is 2.38. The summed E-state index contributed by atoms with van der Waals surface area (Å²) in [5.74, 6) is -1.29. The lowest BCUT2D eigenvalue weighted by Gasteiger charge is -2.18. The van der Waals surface area contributed by atoms with Gasteiger partial charge in [-0.15, -0.1) is 0 Å². The molecule has 7 heteroatoms. The Kier molecular flexibility index (Phi) is 5.18. The van der Waals surface area contributed by atoms with Crippen molar-refractivity contribution in [2.24, 2.45) is 17.6 Å².